The highest BCUT2D eigenvalue weighted by Gasteiger charge is 2.13. The maximum Gasteiger partial charge on any atom is 0.264 e. The Kier molecular flexibility index (Phi) is 6.32. The highest BCUT2D eigenvalue weighted by atomic mass is 35.5. The van der Waals surface area contributed by atoms with Crippen molar-refractivity contribution in [1.82, 2.24) is 4.98 Å². The van der Waals surface area contributed by atoms with Gasteiger partial charge < -0.3 is 9.47 Å². The van der Waals surface area contributed by atoms with Crippen LogP contribution in [0.3, 0.4) is 0 Å². The standard InChI is InChI=1S/C20H19ClN2O3S/c1-3-25-16-7-9-17(10-8-16)26-12-18(24)22-20-23-19(13(2)27-20)14-5-4-6-15(21)11-14/h4-11H,3,12H2,1-2H3,(H,22,23,24). The number of aromatic nitrogens is 1. The number of rotatable bonds is 7. The molecule has 0 unspecified atom stereocenters. The van der Waals surface area contributed by atoms with Gasteiger partial charge in [-0.3, -0.25) is 10.1 Å². The van der Waals surface area contributed by atoms with E-state index >= 15 is 0 Å². The molecule has 0 saturated heterocycles. The Morgan fingerprint density at radius 2 is 1.85 bits per heavy atom. The van der Waals surface area contributed by atoms with Crippen LogP contribution in [0.1, 0.15) is 11.8 Å². The quantitative estimate of drug-likeness (QED) is 0.590. The molecule has 0 aliphatic carbocycles. The summed E-state index contributed by atoms with van der Waals surface area (Å²) >= 11 is 7.46. The molecule has 7 heteroatoms. The molecule has 2 aromatic carbocycles. The van der Waals surface area contributed by atoms with Crippen LogP contribution in [0.4, 0.5) is 5.13 Å². The molecule has 1 amide bonds. The van der Waals surface area contributed by atoms with Crippen molar-refractivity contribution in [3.63, 3.8) is 0 Å². The second-order valence-corrected chi connectivity index (χ2v) is 7.32. The Morgan fingerprint density at radius 1 is 1.15 bits per heavy atom. The zero-order chi connectivity index (χ0) is 19.2. The van der Waals surface area contributed by atoms with Crippen molar-refractivity contribution in [2.24, 2.45) is 0 Å². The molecule has 0 saturated carbocycles. The number of halogens is 1. The molecule has 0 spiro atoms. The summed E-state index contributed by atoms with van der Waals surface area (Å²) in [5, 5.41) is 3.95. The van der Waals surface area contributed by atoms with E-state index in [1.807, 2.05) is 38.1 Å². The summed E-state index contributed by atoms with van der Waals surface area (Å²) in [5.41, 5.74) is 1.73. The van der Waals surface area contributed by atoms with Crippen molar-refractivity contribution in [3.8, 4) is 22.8 Å². The van der Waals surface area contributed by atoms with Crippen LogP contribution in [0, 0.1) is 6.92 Å². The third-order valence-corrected chi connectivity index (χ3v) is 4.77. The average molecular weight is 403 g/mol. The van der Waals surface area contributed by atoms with Gasteiger partial charge in [0.1, 0.15) is 11.5 Å². The molecule has 27 heavy (non-hydrogen) atoms. The zero-order valence-electron chi connectivity index (χ0n) is 15.0. The summed E-state index contributed by atoms with van der Waals surface area (Å²) in [6.07, 6.45) is 0. The van der Waals surface area contributed by atoms with Crippen LogP contribution < -0.4 is 14.8 Å². The van der Waals surface area contributed by atoms with Gasteiger partial charge in [0.05, 0.1) is 12.3 Å². The van der Waals surface area contributed by atoms with Gasteiger partial charge in [-0.15, -0.1) is 11.3 Å². The Balaban J connectivity index is 1.59. The summed E-state index contributed by atoms with van der Waals surface area (Å²) < 4.78 is 10.9. The van der Waals surface area contributed by atoms with E-state index in [1.165, 1.54) is 11.3 Å². The molecule has 1 aromatic heterocycles. The first-order valence-corrected chi connectivity index (χ1v) is 9.63. The molecule has 3 aromatic rings. The minimum absolute atomic E-state index is 0.0981. The molecule has 0 radical (unpaired) electrons. The molecule has 1 N–H and O–H groups in total. The van der Waals surface area contributed by atoms with Crippen LogP contribution in [0.5, 0.6) is 11.5 Å². The molecule has 0 aliphatic heterocycles. The number of carbonyl (C=O) groups excluding carboxylic acids is 1. The summed E-state index contributed by atoms with van der Waals surface area (Å²) in [5.74, 6) is 1.10. The van der Waals surface area contributed by atoms with E-state index in [1.54, 1.807) is 24.3 Å². The fraction of sp³-hybridized carbons (Fsp3) is 0.200. The predicted octanol–water partition coefficient (Wildman–Crippen LogP) is 5.19. The number of hydrogen-bond acceptors (Lipinski definition) is 5. The summed E-state index contributed by atoms with van der Waals surface area (Å²) in [4.78, 5) is 17.7. The lowest BCUT2D eigenvalue weighted by Gasteiger charge is -2.07. The minimum atomic E-state index is -0.268. The zero-order valence-corrected chi connectivity index (χ0v) is 16.6. The Labute approximate surface area is 166 Å². The van der Waals surface area contributed by atoms with Gasteiger partial charge in [0, 0.05) is 15.5 Å². The number of benzene rings is 2. The van der Waals surface area contributed by atoms with Gasteiger partial charge in [-0.05, 0) is 50.2 Å². The number of anilines is 1. The van der Waals surface area contributed by atoms with E-state index in [2.05, 4.69) is 10.3 Å². The van der Waals surface area contributed by atoms with E-state index in [0.29, 0.717) is 22.5 Å². The fourth-order valence-electron chi connectivity index (χ4n) is 2.46. The van der Waals surface area contributed by atoms with Gasteiger partial charge >= 0.3 is 0 Å². The first-order valence-electron chi connectivity index (χ1n) is 8.44. The number of aryl methyl sites for hydroxylation is 1. The molecule has 0 aliphatic rings. The average Bonchev–Trinajstić information content (AvgIpc) is 3.01. The highest BCUT2D eigenvalue weighted by molar-refractivity contribution is 7.16. The van der Waals surface area contributed by atoms with Gasteiger partial charge in [0.15, 0.2) is 11.7 Å². The van der Waals surface area contributed by atoms with Crippen molar-refractivity contribution in [3.05, 3.63) is 58.4 Å². The highest BCUT2D eigenvalue weighted by Crippen LogP contribution is 2.31. The summed E-state index contributed by atoms with van der Waals surface area (Å²) in [6.45, 7) is 4.39. The van der Waals surface area contributed by atoms with Crippen LogP contribution in [0.15, 0.2) is 48.5 Å². The van der Waals surface area contributed by atoms with E-state index in [9.17, 15) is 4.79 Å². The van der Waals surface area contributed by atoms with E-state index < -0.39 is 0 Å². The normalized spacial score (nSPS) is 10.5. The lowest BCUT2D eigenvalue weighted by atomic mass is 10.1. The number of nitrogens with zero attached hydrogens (tertiary/aromatic N) is 1. The predicted molar refractivity (Wildman–Crippen MR) is 109 cm³/mol. The largest absolute Gasteiger partial charge is 0.494 e. The van der Waals surface area contributed by atoms with Crippen LogP contribution in [-0.2, 0) is 4.79 Å². The summed E-state index contributed by atoms with van der Waals surface area (Å²) in [6, 6.07) is 14.6. The minimum Gasteiger partial charge on any atom is -0.494 e. The Bertz CT molecular complexity index is 925. The monoisotopic (exact) mass is 402 g/mol. The van der Waals surface area contributed by atoms with Crippen LogP contribution in [0.25, 0.3) is 11.3 Å². The first kappa shape index (κ1) is 19.2. The lowest BCUT2D eigenvalue weighted by molar-refractivity contribution is -0.118. The molecule has 140 valence electrons. The molecule has 0 fully saturated rings. The van der Waals surface area contributed by atoms with E-state index in [4.69, 9.17) is 21.1 Å². The SMILES string of the molecule is CCOc1ccc(OCC(=O)Nc2nc(-c3cccc(Cl)c3)c(C)s2)cc1. The van der Waals surface area contributed by atoms with Gasteiger partial charge in [-0.1, -0.05) is 23.7 Å². The van der Waals surface area contributed by atoms with Gasteiger partial charge in [0.25, 0.3) is 5.91 Å². The fourth-order valence-corrected chi connectivity index (χ4v) is 3.50. The molecule has 0 atom stereocenters. The van der Waals surface area contributed by atoms with Gasteiger partial charge in [0.2, 0.25) is 0 Å². The molecule has 1 heterocycles. The number of hydrogen-bond donors (Lipinski definition) is 1. The number of thiazole rings is 1. The second-order valence-electron chi connectivity index (χ2n) is 5.68. The molecule has 5 nitrogen and oxygen atoms in total. The number of nitrogens with one attached hydrogen (secondary N) is 1. The van der Waals surface area contributed by atoms with Crippen LogP contribution >= 0.6 is 22.9 Å². The third kappa shape index (κ3) is 5.21. The van der Waals surface area contributed by atoms with Crippen LogP contribution in [0.2, 0.25) is 5.02 Å². The lowest BCUT2D eigenvalue weighted by Crippen LogP contribution is -2.20. The second kappa shape index (κ2) is 8.88. The number of carbonyl (C=O) groups is 1. The molecular formula is C20H19ClN2O3S. The van der Waals surface area contributed by atoms with E-state index in [0.717, 1.165) is 21.9 Å². The van der Waals surface area contributed by atoms with Crippen molar-refractivity contribution in [2.45, 2.75) is 13.8 Å². The van der Waals surface area contributed by atoms with Crippen molar-refractivity contribution >= 4 is 34.0 Å². The first-order chi connectivity index (χ1) is 13.0. The van der Waals surface area contributed by atoms with E-state index in [-0.39, 0.29) is 12.5 Å². The third-order valence-electron chi connectivity index (χ3n) is 3.65. The topological polar surface area (TPSA) is 60.5 Å². The Morgan fingerprint density at radius 3 is 2.52 bits per heavy atom. The number of ether oxygens (including phenoxy) is 2. The van der Waals surface area contributed by atoms with Crippen molar-refractivity contribution in [2.75, 3.05) is 18.5 Å². The Hall–Kier alpha value is -2.57. The smallest absolute Gasteiger partial charge is 0.264 e. The summed E-state index contributed by atoms with van der Waals surface area (Å²) in [7, 11) is 0. The maximum absolute atomic E-state index is 12.2. The maximum atomic E-state index is 12.2. The molecular weight excluding hydrogens is 384 g/mol. The van der Waals surface area contributed by atoms with Crippen LogP contribution in [-0.4, -0.2) is 24.1 Å². The molecule has 0 bridgehead atoms. The van der Waals surface area contributed by atoms with Gasteiger partial charge in [-0.25, -0.2) is 4.98 Å². The van der Waals surface area contributed by atoms with Gasteiger partial charge in [-0.2, -0.15) is 0 Å². The number of amides is 1. The van der Waals surface area contributed by atoms with Crippen molar-refractivity contribution < 1.29 is 14.3 Å². The molecule has 3 rings (SSSR count). The van der Waals surface area contributed by atoms with Crippen molar-refractivity contribution in [1.29, 1.82) is 0 Å².